The summed E-state index contributed by atoms with van der Waals surface area (Å²) >= 11 is 0. The molecule has 0 heterocycles. The van der Waals surface area contributed by atoms with Gasteiger partial charge < -0.3 is 5.73 Å². The van der Waals surface area contributed by atoms with E-state index >= 15 is 0 Å². The van der Waals surface area contributed by atoms with E-state index in [1.807, 2.05) is 6.07 Å². The van der Waals surface area contributed by atoms with Gasteiger partial charge in [-0.25, -0.2) is 13.1 Å². The summed E-state index contributed by atoms with van der Waals surface area (Å²) in [6.07, 6.45) is 0. The third-order valence-corrected chi connectivity index (χ3v) is 4.13. The number of sulfonamides is 1. The van der Waals surface area contributed by atoms with Gasteiger partial charge in [0.1, 0.15) is 0 Å². The molecule has 0 fully saturated rings. The van der Waals surface area contributed by atoms with Gasteiger partial charge in [0.15, 0.2) is 0 Å². The third-order valence-electron chi connectivity index (χ3n) is 2.71. The first-order valence-corrected chi connectivity index (χ1v) is 7.34. The minimum atomic E-state index is -3.60. The maximum Gasteiger partial charge on any atom is 0.240 e. The summed E-state index contributed by atoms with van der Waals surface area (Å²) in [5.74, 6) is 0. The lowest BCUT2D eigenvalue weighted by Gasteiger charge is -2.07. The van der Waals surface area contributed by atoms with Crippen molar-refractivity contribution in [3.8, 4) is 6.07 Å². The van der Waals surface area contributed by atoms with Crippen molar-refractivity contribution in [1.29, 1.82) is 5.26 Å². The van der Waals surface area contributed by atoms with Gasteiger partial charge in [0, 0.05) is 12.2 Å². The maximum absolute atomic E-state index is 12.1. The van der Waals surface area contributed by atoms with Gasteiger partial charge in [-0.15, -0.1) is 0 Å². The van der Waals surface area contributed by atoms with E-state index in [0.29, 0.717) is 11.3 Å². The molecule has 0 unspecified atom stereocenters. The second-order valence-corrected chi connectivity index (χ2v) is 5.97. The highest BCUT2D eigenvalue weighted by atomic mass is 32.2. The topological polar surface area (TPSA) is 96.0 Å². The Bertz CT molecular complexity index is 747. The first-order valence-electron chi connectivity index (χ1n) is 5.85. The van der Waals surface area contributed by atoms with Crippen LogP contribution in [0.2, 0.25) is 0 Å². The molecule has 0 aromatic heterocycles. The summed E-state index contributed by atoms with van der Waals surface area (Å²) in [6, 6.07) is 14.7. The van der Waals surface area contributed by atoms with Crippen molar-refractivity contribution < 1.29 is 8.42 Å². The van der Waals surface area contributed by atoms with Gasteiger partial charge in [-0.1, -0.05) is 12.1 Å². The molecule has 6 heteroatoms. The van der Waals surface area contributed by atoms with E-state index in [4.69, 9.17) is 11.0 Å². The fraction of sp³-hybridized carbons (Fsp3) is 0.0714. The van der Waals surface area contributed by atoms with Crippen LogP contribution in [0, 0.1) is 11.3 Å². The van der Waals surface area contributed by atoms with Crippen LogP contribution in [0.4, 0.5) is 5.69 Å². The van der Waals surface area contributed by atoms with Gasteiger partial charge in [-0.2, -0.15) is 5.26 Å². The number of hydrogen-bond acceptors (Lipinski definition) is 4. The van der Waals surface area contributed by atoms with Crippen molar-refractivity contribution in [3.63, 3.8) is 0 Å². The van der Waals surface area contributed by atoms with Gasteiger partial charge in [0.25, 0.3) is 0 Å². The Kier molecular flexibility index (Phi) is 4.03. The molecule has 0 atom stereocenters. The normalized spacial score (nSPS) is 10.9. The van der Waals surface area contributed by atoms with Crippen LogP contribution in [0.1, 0.15) is 11.1 Å². The molecule has 2 aromatic rings. The number of anilines is 1. The molecular weight excluding hydrogens is 274 g/mol. The van der Waals surface area contributed by atoms with E-state index in [-0.39, 0.29) is 11.4 Å². The molecule has 102 valence electrons. The van der Waals surface area contributed by atoms with Crippen molar-refractivity contribution in [1.82, 2.24) is 4.72 Å². The molecule has 0 bridgehead atoms. The minimum absolute atomic E-state index is 0.125. The lowest BCUT2D eigenvalue weighted by Crippen LogP contribution is -2.23. The number of benzene rings is 2. The predicted molar refractivity (Wildman–Crippen MR) is 76.0 cm³/mol. The SMILES string of the molecule is N#Cc1ccc(S(=O)(=O)NCc2cccc(N)c2)cc1. The molecule has 5 nitrogen and oxygen atoms in total. The monoisotopic (exact) mass is 287 g/mol. The quantitative estimate of drug-likeness (QED) is 0.835. The molecule has 0 aliphatic rings. The van der Waals surface area contributed by atoms with Crippen LogP contribution < -0.4 is 10.5 Å². The first-order chi connectivity index (χ1) is 9.51. The predicted octanol–water partition coefficient (Wildman–Crippen LogP) is 1.62. The smallest absolute Gasteiger partial charge is 0.240 e. The van der Waals surface area contributed by atoms with E-state index in [1.54, 1.807) is 24.3 Å². The van der Waals surface area contributed by atoms with E-state index in [2.05, 4.69) is 4.72 Å². The largest absolute Gasteiger partial charge is 0.399 e. The lowest BCUT2D eigenvalue weighted by atomic mass is 10.2. The summed E-state index contributed by atoms with van der Waals surface area (Å²) in [4.78, 5) is 0.125. The van der Waals surface area contributed by atoms with Crippen molar-refractivity contribution in [2.75, 3.05) is 5.73 Å². The Hall–Kier alpha value is -2.36. The van der Waals surface area contributed by atoms with Gasteiger partial charge in [-0.3, -0.25) is 0 Å². The van der Waals surface area contributed by atoms with Crippen LogP contribution in [0.25, 0.3) is 0 Å². The highest BCUT2D eigenvalue weighted by Crippen LogP contribution is 2.12. The average Bonchev–Trinajstić information content (AvgIpc) is 2.45. The summed E-state index contributed by atoms with van der Waals surface area (Å²) in [5.41, 5.74) is 7.41. The Morgan fingerprint density at radius 1 is 1.15 bits per heavy atom. The minimum Gasteiger partial charge on any atom is -0.399 e. The van der Waals surface area contributed by atoms with E-state index in [9.17, 15) is 8.42 Å². The zero-order valence-corrected chi connectivity index (χ0v) is 11.4. The van der Waals surface area contributed by atoms with Crippen LogP contribution in [-0.4, -0.2) is 8.42 Å². The van der Waals surface area contributed by atoms with Crippen LogP contribution in [0.15, 0.2) is 53.4 Å². The Morgan fingerprint density at radius 3 is 2.45 bits per heavy atom. The number of nitrogen functional groups attached to an aromatic ring is 1. The molecule has 0 saturated carbocycles. The first kappa shape index (κ1) is 14.1. The molecular formula is C14H13N3O2S. The molecule has 0 spiro atoms. The average molecular weight is 287 g/mol. The molecule has 3 N–H and O–H groups in total. The summed E-state index contributed by atoms with van der Waals surface area (Å²) < 4.78 is 26.6. The number of nitrogens with two attached hydrogens (primary N) is 1. The highest BCUT2D eigenvalue weighted by Gasteiger charge is 2.13. The molecule has 0 amide bonds. The maximum atomic E-state index is 12.1. The molecule has 0 saturated heterocycles. The molecule has 2 rings (SSSR count). The van der Waals surface area contributed by atoms with Gasteiger partial charge >= 0.3 is 0 Å². The number of nitrogens with zero attached hydrogens (tertiary/aromatic N) is 1. The van der Waals surface area contributed by atoms with E-state index < -0.39 is 10.0 Å². The Labute approximate surface area is 117 Å². The molecule has 0 aliphatic heterocycles. The molecule has 0 aliphatic carbocycles. The van der Waals surface area contributed by atoms with Crippen LogP contribution >= 0.6 is 0 Å². The fourth-order valence-corrected chi connectivity index (χ4v) is 2.69. The number of rotatable bonds is 4. The van der Waals surface area contributed by atoms with Crippen LogP contribution in [0.3, 0.4) is 0 Å². The zero-order valence-electron chi connectivity index (χ0n) is 10.6. The third kappa shape index (κ3) is 3.35. The van der Waals surface area contributed by atoms with Gasteiger partial charge in [0.05, 0.1) is 16.5 Å². The summed E-state index contributed by atoms with van der Waals surface area (Å²) in [5, 5.41) is 8.68. The van der Waals surface area contributed by atoms with E-state index in [1.165, 1.54) is 24.3 Å². The van der Waals surface area contributed by atoms with Crippen molar-refractivity contribution >= 4 is 15.7 Å². The Balaban J connectivity index is 2.13. The summed E-state index contributed by atoms with van der Waals surface area (Å²) in [6.45, 7) is 0.160. The van der Waals surface area contributed by atoms with E-state index in [0.717, 1.165) is 5.56 Å². The van der Waals surface area contributed by atoms with Crippen LogP contribution in [-0.2, 0) is 16.6 Å². The standard InChI is InChI=1S/C14H13N3O2S/c15-9-11-4-6-14(7-5-11)20(18,19)17-10-12-2-1-3-13(16)8-12/h1-8,17H,10,16H2. The van der Waals surface area contributed by atoms with Crippen LogP contribution in [0.5, 0.6) is 0 Å². The van der Waals surface area contributed by atoms with Crippen molar-refractivity contribution in [2.24, 2.45) is 0 Å². The molecule has 2 aromatic carbocycles. The van der Waals surface area contributed by atoms with Gasteiger partial charge in [-0.05, 0) is 42.0 Å². The summed E-state index contributed by atoms with van der Waals surface area (Å²) in [7, 11) is -3.60. The number of nitrogens with one attached hydrogen (secondary N) is 1. The second kappa shape index (κ2) is 5.74. The van der Waals surface area contributed by atoms with Gasteiger partial charge in [0.2, 0.25) is 10.0 Å². The number of nitriles is 1. The molecule has 0 radical (unpaired) electrons. The Morgan fingerprint density at radius 2 is 1.85 bits per heavy atom. The lowest BCUT2D eigenvalue weighted by molar-refractivity contribution is 0.581. The second-order valence-electron chi connectivity index (χ2n) is 4.21. The molecule has 20 heavy (non-hydrogen) atoms. The highest BCUT2D eigenvalue weighted by molar-refractivity contribution is 7.89. The zero-order chi connectivity index (χ0) is 14.6. The van der Waals surface area contributed by atoms with Crippen molar-refractivity contribution in [3.05, 3.63) is 59.7 Å². The number of hydrogen-bond donors (Lipinski definition) is 2. The fourth-order valence-electron chi connectivity index (χ4n) is 1.67. The van der Waals surface area contributed by atoms with Crippen molar-refractivity contribution in [2.45, 2.75) is 11.4 Å².